The first kappa shape index (κ1) is 17.9. The largest absolute Gasteiger partial charge is 0.452 e. The van der Waals surface area contributed by atoms with Crippen molar-refractivity contribution in [2.24, 2.45) is 0 Å². The molecule has 128 valence electrons. The lowest BCUT2D eigenvalue weighted by molar-refractivity contribution is -0.119. The van der Waals surface area contributed by atoms with Crippen LogP contribution < -0.4 is 10.1 Å². The van der Waals surface area contributed by atoms with E-state index >= 15 is 0 Å². The number of rotatable bonds is 6. The molecule has 0 heterocycles. The van der Waals surface area contributed by atoms with Crippen LogP contribution in [0.5, 0.6) is 5.75 Å². The van der Waals surface area contributed by atoms with Crippen molar-refractivity contribution in [1.29, 1.82) is 5.26 Å². The fourth-order valence-corrected chi connectivity index (χ4v) is 1.81. The zero-order valence-electron chi connectivity index (χ0n) is 12.7. The number of hydrogen-bond acceptors (Lipinski definition) is 5. The Morgan fingerprint density at radius 3 is 2.28 bits per heavy atom. The maximum absolute atomic E-state index is 12.0. The predicted molar refractivity (Wildman–Crippen MR) is 83.1 cm³/mol. The summed E-state index contributed by atoms with van der Waals surface area (Å²) in [6.07, 6.45) is 0. The summed E-state index contributed by atoms with van der Waals surface area (Å²) < 4.78 is 33.1. The summed E-state index contributed by atoms with van der Waals surface area (Å²) in [5.74, 6) is -1.43. The molecule has 0 atom stereocenters. The van der Waals surface area contributed by atoms with Gasteiger partial charge in [0.15, 0.2) is 6.61 Å². The Morgan fingerprint density at radius 2 is 1.72 bits per heavy atom. The number of carbonyl (C=O) groups excluding carboxylic acids is 2. The zero-order valence-corrected chi connectivity index (χ0v) is 12.7. The number of benzene rings is 2. The molecule has 0 aliphatic carbocycles. The first-order valence-corrected chi connectivity index (χ1v) is 7.00. The van der Waals surface area contributed by atoms with Gasteiger partial charge < -0.3 is 14.8 Å². The molecule has 0 aliphatic rings. The molecule has 2 aromatic rings. The average Bonchev–Trinajstić information content (AvgIpc) is 2.60. The van der Waals surface area contributed by atoms with Crippen molar-refractivity contribution in [3.63, 3.8) is 0 Å². The van der Waals surface area contributed by atoms with E-state index in [2.05, 4.69) is 10.1 Å². The molecular weight excluding hydrogens is 334 g/mol. The van der Waals surface area contributed by atoms with E-state index in [9.17, 15) is 18.4 Å². The summed E-state index contributed by atoms with van der Waals surface area (Å²) in [6.45, 7) is -3.47. The van der Waals surface area contributed by atoms with E-state index in [4.69, 9.17) is 10.00 Å². The molecule has 1 amide bonds. The smallest absolute Gasteiger partial charge is 0.387 e. The van der Waals surface area contributed by atoms with Crippen molar-refractivity contribution in [2.45, 2.75) is 6.61 Å². The second-order valence-corrected chi connectivity index (χ2v) is 4.72. The Hall–Kier alpha value is -3.47. The van der Waals surface area contributed by atoms with Gasteiger partial charge in [0.05, 0.1) is 17.2 Å². The lowest BCUT2D eigenvalue weighted by Crippen LogP contribution is -2.20. The van der Waals surface area contributed by atoms with Gasteiger partial charge in [-0.2, -0.15) is 14.0 Å². The number of nitrogens with zero attached hydrogens (tertiary/aromatic N) is 1. The van der Waals surface area contributed by atoms with E-state index in [-0.39, 0.29) is 11.3 Å². The van der Waals surface area contributed by atoms with Gasteiger partial charge in [-0.05, 0) is 48.5 Å². The van der Waals surface area contributed by atoms with Crippen molar-refractivity contribution in [1.82, 2.24) is 0 Å². The number of amides is 1. The summed E-state index contributed by atoms with van der Waals surface area (Å²) in [6, 6.07) is 13.0. The molecule has 0 aliphatic heterocycles. The van der Waals surface area contributed by atoms with Crippen LogP contribution in [0.4, 0.5) is 14.5 Å². The third-order valence-corrected chi connectivity index (χ3v) is 2.95. The minimum absolute atomic E-state index is 0.0905. The third-order valence-electron chi connectivity index (χ3n) is 2.95. The van der Waals surface area contributed by atoms with Crippen LogP contribution in [-0.2, 0) is 9.53 Å². The lowest BCUT2D eigenvalue weighted by Gasteiger charge is -2.08. The zero-order chi connectivity index (χ0) is 18.2. The van der Waals surface area contributed by atoms with Crippen LogP contribution in [0.25, 0.3) is 0 Å². The Labute approximate surface area is 141 Å². The number of carbonyl (C=O) groups is 2. The van der Waals surface area contributed by atoms with Crippen LogP contribution in [0.1, 0.15) is 15.9 Å². The Morgan fingerprint density at radius 1 is 1.08 bits per heavy atom. The molecule has 0 aromatic heterocycles. The van der Waals surface area contributed by atoms with Gasteiger partial charge in [-0.1, -0.05) is 0 Å². The highest BCUT2D eigenvalue weighted by molar-refractivity contribution is 5.95. The minimum atomic E-state index is -2.95. The molecule has 2 aromatic carbocycles. The molecule has 0 spiro atoms. The number of alkyl halides is 2. The summed E-state index contributed by atoms with van der Waals surface area (Å²) >= 11 is 0. The molecule has 0 bridgehead atoms. The molecule has 0 saturated carbocycles. The summed E-state index contributed by atoms with van der Waals surface area (Å²) in [5.41, 5.74) is 0.991. The van der Waals surface area contributed by atoms with E-state index in [1.54, 1.807) is 12.1 Å². The number of anilines is 1. The molecule has 2 rings (SSSR count). The first-order chi connectivity index (χ1) is 12.0. The standard InChI is InChI=1S/C17H12F2N2O4/c18-17(19)25-14-7-3-12(4-8-14)16(23)24-10-15(22)21-13-5-1-11(9-20)2-6-13/h1-8,17H,10H2,(H,21,22). The van der Waals surface area contributed by atoms with E-state index in [0.29, 0.717) is 11.3 Å². The Kier molecular flexibility index (Phi) is 6.01. The normalized spacial score (nSPS) is 10.0. The molecule has 1 N–H and O–H groups in total. The van der Waals surface area contributed by atoms with Gasteiger partial charge in [0.25, 0.3) is 5.91 Å². The van der Waals surface area contributed by atoms with E-state index in [1.807, 2.05) is 6.07 Å². The van der Waals surface area contributed by atoms with Gasteiger partial charge in [-0.3, -0.25) is 4.79 Å². The quantitative estimate of drug-likeness (QED) is 0.813. The van der Waals surface area contributed by atoms with Crippen molar-refractivity contribution in [3.8, 4) is 11.8 Å². The first-order valence-electron chi connectivity index (χ1n) is 7.00. The van der Waals surface area contributed by atoms with Gasteiger partial charge >= 0.3 is 12.6 Å². The van der Waals surface area contributed by atoms with Gasteiger partial charge in [0.2, 0.25) is 0 Å². The number of nitriles is 1. The van der Waals surface area contributed by atoms with Crippen molar-refractivity contribution >= 4 is 17.6 Å². The molecule has 0 radical (unpaired) electrons. The van der Waals surface area contributed by atoms with Crippen molar-refractivity contribution < 1.29 is 27.8 Å². The number of hydrogen-bond donors (Lipinski definition) is 1. The molecule has 25 heavy (non-hydrogen) atoms. The van der Waals surface area contributed by atoms with Crippen LogP contribution in [0.15, 0.2) is 48.5 Å². The SMILES string of the molecule is N#Cc1ccc(NC(=O)COC(=O)c2ccc(OC(F)F)cc2)cc1. The Balaban J connectivity index is 1.84. The highest BCUT2D eigenvalue weighted by atomic mass is 19.3. The summed E-state index contributed by atoms with van der Waals surface area (Å²) in [5, 5.41) is 11.2. The molecular formula is C17H12F2N2O4. The molecule has 0 fully saturated rings. The van der Waals surface area contributed by atoms with Crippen LogP contribution in [-0.4, -0.2) is 25.1 Å². The topological polar surface area (TPSA) is 88.4 Å². The highest BCUT2D eigenvalue weighted by Gasteiger charge is 2.11. The van der Waals surface area contributed by atoms with Crippen LogP contribution >= 0.6 is 0 Å². The van der Waals surface area contributed by atoms with Gasteiger partial charge in [0, 0.05) is 5.69 Å². The average molecular weight is 346 g/mol. The van der Waals surface area contributed by atoms with Crippen LogP contribution in [0.2, 0.25) is 0 Å². The van der Waals surface area contributed by atoms with Crippen molar-refractivity contribution in [3.05, 3.63) is 59.7 Å². The molecule has 0 unspecified atom stereocenters. The molecule has 0 saturated heterocycles. The second kappa shape index (κ2) is 8.40. The fourth-order valence-electron chi connectivity index (χ4n) is 1.81. The number of ether oxygens (including phenoxy) is 2. The Bertz CT molecular complexity index is 784. The summed E-state index contributed by atoms with van der Waals surface area (Å²) in [4.78, 5) is 23.5. The number of halogens is 2. The third kappa shape index (κ3) is 5.58. The van der Waals surface area contributed by atoms with Gasteiger partial charge in [-0.15, -0.1) is 0 Å². The highest BCUT2D eigenvalue weighted by Crippen LogP contribution is 2.15. The monoisotopic (exact) mass is 346 g/mol. The van der Waals surface area contributed by atoms with Crippen molar-refractivity contribution in [2.75, 3.05) is 11.9 Å². The van der Waals surface area contributed by atoms with E-state index in [1.165, 1.54) is 36.4 Å². The maximum atomic E-state index is 12.0. The number of esters is 1. The summed E-state index contributed by atoms with van der Waals surface area (Å²) in [7, 11) is 0. The minimum Gasteiger partial charge on any atom is -0.452 e. The second-order valence-electron chi connectivity index (χ2n) is 4.72. The van der Waals surface area contributed by atoms with Gasteiger partial charge in [0.1, 0.15) is 5.75 Å². The molecule has 8 heteroatoms. The molecule has 6 nitrogen and oxygen atoms in total. The van der Waals surface area contributed by atoms with E-state index < -0.39 is 25.1 Å². The maximum Gasteiger partial charge on any atom is 0.387 e. The van der Waals surface area contributed by atoms with E-state index in [0.717, 1.165) is 0 Å². The van der Waals surface area contributed by atoms with Gasteiger partial charge in [-0.25, -0.2) is 4.79 Å². The fraction of sp³-hybridized carbons (Fsp3) is 0.118. The number of nitrogens with one attached hydrogen (secondary N) is 1. The lowest BCUT2D eigenvalue weighted by atomic mass is 10.2. The van der Waals surface area contributed by atoms with Crippen LogP contribution in [0.3, 0.4) is 0 Å². The predicted octanol–water partition coefficient (Wildman–Crippen LogP) is 2.96. The van der Waals surface area contributed by atoms with Crippen LogP contribution in [0, 0.1) is 11.3 Å².